The number of rotatable bonds is 10. The molecule has 0 unspecified atom stereocenters. The maximum absolute atomic E-state index is 13.0. The lowest BCUT2D eigenvalue weighted by molar-refractivity contribution is 0.0938. The average Bonchev–Trinajstić information content (AvgIpc) is 3.32. The van der Waals surface area contributed by atoms with Gasteiger partial charge in [0.1, 0.15) is 5.56 Å². The van der Waals surface area contributed by atoms with Gasteiger partial charge >= 0.3 is 0 Å². The summed E-state index contributed by atoms with van der Waals surface area (Å²) in [6.45, 7) is 9.58. The second kappa shape index (κ2) is 11.1. The minimum atomic E-state index is -0.130. The molecular formula is C28H33N5O. The quantitative estimate of drug-likeness (QED) is 0.352. The molecule has 2 aromatic carbocycles. The van der Waals surface area contributed by atoms with Crippen molar-refractivity contribution in [1.82, 2.24) is 24.8 Å². The summed E-state index contributed by atoms with van der Waals surface area (Å²) < 4.78 is 1.75. The Morgan fingerprint density at radius 1 is 0.971 bits per heavy atom. The summed E-state index contributed by atoms with van der Waals surface area (Å²) in [5.74, 6) is -0.130. The Labute approximate surface area is 201 Å². The standard InChI is InChI=1S/C28H33N5O/c1-4-32(5-2)19-9-10-21(3)31-28(34)25-20-30-33-26(17-18-29-27(25)33)24-15-13-23(14-16-24)22-11-7-6-8-12-22/h6-8,11-18,20-21H,4-5,9-10,19H2,1-3H3,(H,31,34)/t21-/m0/s1. The second-order valence-corrected chi connectivity index (χ2v) is 8.61. The van der Waals surface area contributed by atoms with Crippen molar-refractivity contribution >= 4 is 11.6 Å². The Hall–Kier alpha value is -3.51. The van der Waals surface area contributed by atoms with Crippen molar-refractivity contribution in [2.45, 2.75) is 39.7 Å². The zero-order chi connectivity index (χ0) is 23.9. The number of amides is 1. The molecule has 0 aliphatic carbocycles. The SMILES string of the molecule is CCN(CC)CCC[C@H](C)NC(=O)c1cnn2c(-c3ccc(-c4ccccc4)cc3)ccnc12. The monoisotopic (exact) mass is 455 g/mol. The lowest BCUT2D eigenvalue weighted by atomic mass is 10.0. The summed E-state index contributed by atoms with van der Waals surface area (Å²) in [7, 11) is 0. The van der Waals surface area contributed by atoms with Crippen LogP contribution >= 0.6 is 0 Å². The molecule has 2 heterocycles. The molecule has 6 heteroatoms. The molecule has 4 aromatic rings. The van der Waals surface area contributed by atoms with Gasteiger partial charge in [-0.15, -0.1) is 0 Å². The Balaban J connectivity index is 1.48. The van der Waals surface area contributed by atoms with Crippen molar-refractivity contribution in [1.29, 1.82) is 0 Å². The molecule has 0 bridgehead atoms. The van der Waals surface area contributed by atoms with Crippen LogP contribution in [0.4, 0.5) is 0 Å². The third-order valence-corrected chi connectivity index (χ3v) is 6.32. The van der Waals surface area contributed by atoms with Gasteiger partial charge in [-0.05, 0) is 56.6 Å². The van der Waals surface area contributed by atoms with Crippen LogP contribution in [0.3, 0.4) is 0 Å². The maximum atomic E-state index is 13.0. The molecule has 1 amide bonds. The largest absolute Gasteiger partial charge is 0.349 e. The van der Waals surface area contributed by atoms with Crippen molar-refractivity contribution < 1.29 is 4.79 Å². The van der Waals surface area contributed by atoms with Crippen LogP contribution in [-0.2, 0) is 0 Å². The number of benzene rings is 2. The van der Waals surface area contributed by atoms with Gasteiger partial charge in [-0.3, -0.25) is 4.79 Å². The molecule has 0 radical (unpaired) electrons. The highest BCUT2D eigenvalue weighted by molar-refractivity contribution is 6.00. The summed E-state index contributed by atoms with van der Waals surface area (Å²) in [6.07, 6.45) is 5.34. The molecule has 34 heavy (non-hydrogen) atoms. The molecule has 0 aliphatic rings. The van der Waals surface area contributed by atoms with E-state index in [1.807, 2.05) is 24.3 Å². The fraction of sp³-hybridized carbons (Fsp3) is 0.321. The third-order valence-electron chi connectivity index (χ3n) is 6.32. The van der Waals surface area contributed by atoms with Crippen LogP contribution in [0.25, 0.3) is 28.0 Å². The average molecular weight is 456 g/mol. The molecule has 0 saturated carbocycles. The van der Waals surface area contributed by atoms with Crippen LogP contribution in [0.1, 0.15) is 44.0 Å². The van der Waals surface area contributed by atoms with E-state index in [0.717, 1.165) is 49.3 Å². The van der Waals surface area contributed by atoms with E-state index in [1.54, 1.807) is 16.9 Å². The van der Waals surface area contributed by atoms with Gasteiger partial charge in [-0.1, -0.05) is 68.4 Å². The fourth-order valence-corrected chi connectivity index (χ4v) is 4.27. The molecule has 2 aromatic heterocycles. The topological polar surface area (TPSA) is 62.5 Å². The number of nitrogens with zero attached hydrogens (tertiary/aromatic N) is 4. The first-order valence-corrected chi connectivity index (χ1v) is 12.1. The molecular weight excluding hydrogens is 422 g/mol. The number of nitrogens with one attached hydrogen (secondary N) is 1. The first kappa shape index (κ1) is 23.6. The Bertz CT molecular complexity index is 1210. The Morgan fingerprint density at radius 2 is 1.65 bits per heavy atom. The Morgan fingerprint density at radius 3 is 2.35 bits per heavy atom. The minimum Gasteiger partial charge on any atom is -0.349 e. The maximum Gasteiger partial charge on any atom is 0.256 e. The van der Waals surface area contributed by atoms with Gasteiger partial charge in [-0.2, -0.15) is 5.10 Å². The van der Waals surface area contributed by atoms with Crippen molar-refractivity contribution in [2.75, 3.05) is 19.6 Å². The number of carbonyl (C=O) groups is 1. The molecule has 4 rings (SSSR count). The Kier molecular flexibility index (Phi) is 7.70. The molecule has 0 saturated heterocycles. The molecule has 0 fully saturated rings. The van der Waals surface area contributed by atoms with E-state index < -0.39 is 0 Å². The first-order valence-electron chi connectivity index (χ1n) is 12.1. The van der Waals surface area contributed by atoms with Crippen LogP contribution in [-0.4, -0.2) is 51.1 Å². The van der Waals surface area contributed by atoms with E-state index in [4.69, 9.17) is 0 Å². The van der Waals surface area contributed by atoms with E-state index in [0.29, 0.717) is 11.2 Å². The zero-order valence-electron chi connectivity index (χ0n) is 20.2. The van der Waals surface area contributed by atoms with Crippen LogP contribution in [0.2, 0.25) is 0 Å². The molecule has 176 valence electrons. The van der Waals surface area contributed by atoms with Gasteiger partial charge in [0.15, 0.2) is 5.65 Å². The lowest BCUT2D eigenvalue weighted by Gasteiger charge is -2.19. The van der Waals surface area contributed by atoms with E-state index in [1.165, 1.54) is 5.56 Å². The molecule has 0 spiro atoms. The van der Waals surface area contributed by atoms with E-state index >= 15 is 0 Å². The smallest absolute Gasteiger partial charge is 0.256 e. The normalized spacial score (nSPS) is 12.2. The predicted octanol–water partition coefficient (Wildman–Crippen LogP) is 5.30. The summed E-state index contributed by atoms with van der Waals surface area (Å²) >= 11 is 0. The van der Waals surface area contributed by atoms with Crippen molar-refractivity contribution in [3.05, 3.63) is 78.6 Å². The van der Waals surface area contributed by atoms with Gasteiger partial charge in [-0.25, -0.2) is 9.50 Å². The highest BCUT2D eigenvalue weighted by atomic mass is 16.1. The van der Waals surface area contributed by atoms with Crippen molar-refractivity contribution in [3.8, 4) is 22.4 Å². The fourth-order valence-electron chi connectivity index (χ4n) is 4.27. The van der Waals surface area contributed by atoms with Gasteiger partial charge in [0, 0.05) is 17.8 Å². The van der Waals surface area contributed by atoms with E-state index in [-0.39, 0.29) is 11.9 Å². The first-order chi connectivity index (χ1) is 16.6. The van der Waals surface area contributed by atoms with Gasteiger partial charge < -0.3 is 10.2 Å². The van der Waals surface area contributed by atoms with Crippen LogP contribution in [0, 0.1) is 0 Å². The van der Waals surface area contributed by atoms with Gasteiger partial charge in [0.25, 0.3) is 5.91 Å². The summed E-state index contributed by atoms with van der Waals surface area (Å²) in [5.41, 5.74) is 5.32. The number of hydrogen-bond acceptors (Lipinski definition) is 4. The zero-order valence-corrected chi connectivity index (χ0v) is 20.2. The summed E-state index contributed by atoms with van der Waals surface area (Å²) in [6, 6.07) is 20.7. The molecule has 0 aliphatic heterocycles. The number of fused-ring (bicyclic) bond motifs is 1. The van der Waals surface area contributed by atoms with Crippen molar-refractivity contribution in [3.63, 3.8) is 0 Å². The van der Waals surface area contributed by atoms with Crippen molar-refractivity contribution in [2.24, 2.45) is 0 Å². The number of carbonyl (C=O) groups excluding carboxylic acids is 1. The second-order valence-electron chi connectivity index (χ2n) is 8.61. The van der Waals surface area contributed by atoms with Gasteiger partial charge in [0.2, 0.25) is 0 Å². The van der Waals surface area contributed by atoms with E-state index in [9.17, 15) is 4.79 Å². The molecule has 6 nitrogen and oxygen atoms in total. The van der Waals surface area contributed by atoms with Gasteiger partial charge in [0.05, 0.1) is 11.9 Å². The van der Waals surface area contributed by atoms with Crippen LogP contribution in [0.5, 0.6) is 0 Å². The predicted molar refractivity (Wildman–Crippen MR) is 138 cm³/mol. The summed E-state index contributed by atoms with van der Waals surface area (Å²) in [4.78, 5) is 19.8. The number of hydrogen-bond donors (Lipinski definition) is 1. The minimum absolute atomic E-state index is 0.0896. The van der Waals surface area contributed by atoms with Crippen LogP contribution < -0.4 is 5.32 Å². The lowest BCUT2D eigenvalue weighted by Crippen LogP contribution is -2.33. The molecule has 1 N–H and O–H groups in total. The highest BCUT2D eigenvalue weighted by Crippen LogP contribution is 2.25. The highest BCUT2D eigenvalue weighted by Gasteiger charge is 2.18. The number of aromatic nitrogens is 3. The molecule has 1 atom stereocenters. The summed E-state index contributed by atoms with van der Waals surface area (Å²) in [5, 5.41) is 7.62. The van der Waals surface area contributed by atoms with E-state index in [2.05, 4.69) is 77.5 Å². The van der Waals surface area contributed by atoms with Crippen LogP contribution in [0.15, 0.2) is 73.1 Å². The third kappa shape index (κ3) is 5.34.